The van der Waals surface area contributed by atoms with E-state index in [1.54, 1.807) is 13.8 Å². The number of rotatable bonds is 5. The fourth-order valence-corrected chi connectivity index (χ4v) is 5.82. The number of hydrogen-bond acceptors (Lipinski definition) is 6. The number of amides is 1. The van der Waals surface area contributed by atoms with Crippen molar-refractivity contribution in [2.75, 3.05) is 13.1 Å². The summed E-state index contributed by atoms with van der Waals surface area (Å²) in [5.74, 6) is -0.364. The molecule has 2 aromatic rings. The molecule has 164 valence electrons. The van der Waals surface area contributed by atoms with Gasteiger partial charge in [-0.1, -0.05) is 38.1 Å². The maximum atomic E-state index is 12.6. The highest BCUT2D eigenvalue weighted by Gasteiger charge is 2.22. The Balaban J connectivity index is 1.75. The van der Waals surface area contributed by atoms with Crippen LogP contribution in [0.5, 0.6) is 0 Å². The SMILES string of the molecule is C=c1cc(C)cc(C)c1=C1NN=C(NC(=O)c2ccc(S(=O)(=O)N(CC)CC)cc2)S1. The summed E-state index contributed by atoms with van der Waals surface area (Å²) in [7, 11) is -3.56. The Kier molecular flexibility index (Phi) is 6.88. The van der Waals surface area contributed by atoms with E-state index in [0.29, 0.717) is 23.8 Å². The molecule has 1 heterocycles. The van der Waals surface area contributed by atoms with Gasteiger partial charge in [0.2, 0.25) is 10.0 Å². The van der Waals surface area contributed by atoms with Crippen molar-refractivity contribution in [2.24, 2.45) is 5.10 Å². The van der Waals surface area contributed by atoms with E-state index < -0.39 is 10.0 Å². The van der Waals surface area contributed by atoms with Gasteiger partial charge in [-0.05, 0) is 60.7 Å². The van der Waals surface area contributed by atoms with Crippen LogP contribution in [0.25, 0.3) is 11.6 Å². The van der Waals surface area contributed by atoms with Crippen LogP contribution in [0.15, 0.2) is 46.4 Å². The lowest BCUT2D eigenvalue weighted by molar-refractivity contribution is 0.0978. The minimum absolute atomic E-state index is 0.162. The second-order valence-electron chi connectivity index (χ2n) is 7.14. The summed E-state index contributed by atoms with van der Waals surface area (Å²) in [4.78, 5) is 12.8. The van der Waals surface area contributed by atoms with Crippen LogP contribution < -0.4 is 21.2 Å². The zero-order valence-corrected chi connectivity index (χ0v) is 19.7. The van der Waals surface area contributed by atoms with Crippen LogP contribution in [0.1, 0.15) is 35.3 Å². The molecule has 7 nitrogen and oxygen atoms in total. The maximum Gasteiger partial charge on any atom is 0.257 e. The van der Waals surface area contributed by atoms with Gasteiger partial charge < -0.3 is 0 Å². The molecule has 0 unspecified atom stereocenters. The number of hydrazone groups is 1. The number of thioether (sulfide) groups is 1. The van der Waals surface area contributed by atoms with Gasteiger partial charge in [-0.2, -0.15) is 4.31 Å². The Bertz CT molecular complexity index is 1250. The molecule has 3 rings (SSSR count). The van der Waals surface area contributed by atoms with E-state index in [1.807, 2.05) is 19.9 Å². The van der Waals surface area contributed by atoms with Crippen LogP contribution in [0, 0.1) is 13.8 Å². The molecule has 0 aliphatic carbocycles. The summed E-state index contributed by atoms with van der Waals surface area (Å²) in [5.41, 5.74) is 5.52. The summed E-state index contributed by atoms with van der Waals surface area (Å²) in [6.45, 7) is 12.5. The van der Waals surface area contributed by atoms with Gasteiger partial charge in [0.25, 0.3) is 5.91 Å². The number of amidine groups is 1. The Morgan fingerprint density at radius 1 is 1.16 bits per heavy atom. The number of hydrogen-bond donors (Lipinski definition) is 2. The minimum atomic E-state index is -3.56. The lowest BCUT2D eigenvalue weighted by atomic mass is 10.1. The second kappa shape index (κ2) is 9.25. The van der Waals surface area contributed by atoms with Crippen LogP contribution in [0.3, 0.4) is 0 Å². The van der Waals surface area contributed by atoms with Gasteiger partial charge >= 0.3 is 0 Å². The van der Waals surface area contributed by atoms with E-state index in [4.69, 9.17) is 0 Å². The second-order valence-corrected chi connectivity index (χ2v) is 10.1. The van der Waals surface area contributed by atoms with Crippen LogP contribution in [0.2, 0.25) is 0 Å². The average molecular weight is 459 g/mol. The molecule has 0 radical (unpaired) electrons. The number of carbonyl (C=O) groups excluding carboxylic acids is 1. The highest BCUT2D eigenvalue weighted by Crippen LogP contribution is 2.20. The van der Waals surface area contributed by atoms with Crippen LogP contribution >= 0.6 is 11.8 Å². The molecule has 0 saturated heterocycles. The van der Waals surface area contributed by atoms with Crippen molar-refractivity contribution in [2.45, 2.75) is 32.6 Å². The van der Waals surface area contributed by atoms with E-state index in [1.165, 1.54) is 40.3 Å². The maximum absolute atomic E-state index is 12.6. The molecule has 0 atom stereocenters. The largest absolute Gasteiger partial charge is 0.299 e. The van der Waals surface area contributed by atoms with E-state index in [2.05, 4.69) is 28.5 Å². The molecule has 0 spiro atoms. The zero-order valence-electron chi connectivity index (χ0n) is 18.0. The number of nitrogens with one attached hydrogen (secondary N) is 2. The molecule has 1 aliphatic rings. The molecule has 2 aromatic carbocycles. The van der Waals surface area contributed by atoms with E-state index in [0.717, 1.165) is 26.6 Å². The summed E-state index contributed by atoms with van der Waals surface area (Å²) >= 11 is 1.32. The third kappa shape index (κ3) is 4.84. The molecule has 9 heteroatoms. The highest BCUT2D eigenvalue weighted by molar-refractivity contribution is 8.21. The lowest BCUT2D eigenvalue weighted by Gasteiger charge is -2.18. The summed E-state index contributed by atoms with van der Waals surface area (Å²) in [5, 5.41) is 10.0. The number of aryl methyl sites for hydroxylation is 2. The average Bonchev–Trinajstić information content (AvgIpc) is 3.15. The van der Waals surface area contributed by atoms with Crippen LogP contribution in [-0.2, 0) is 10.0 Å². The van der Waals surface area contributed by atoms with E-state index in [-0.39, 0.29) is 10.8 Å². The monoisotopic (exact) mass is 458 g/mol. The number of sulfonamides is 1. The smallest absolute Gasteiger partial charge is 0.257 e. The topological polar surface area (TPSA) is 90.9 Å². The number of nitrogens with zero attached hydrogens (tertiary/aromatic N) is 2. The first-order chi connectivity index (χ1) is 14.7. The zero-order chi connectivity index (χ0) is 22.8. The first kappa shape index (κ1) is 23.1. The van der Waals surface area contributed by atoms with Crippen LogP contribution in [-0.4, -0.2) is 36.9 Å². The highest BCUT2D eigenvalue weighted by atomic mass is 32.2. The first-order valence-electron chi connectivity index (χ1n) is 9.91. The number of benzene rings is 2. The van der Waals surface area contributed by atoms with Crippen molar-refractivity contribution in [1.82, 2.24) is 15.0 Å². The van der Waals surface area contributed by atoms with Crippen molar-refractivity contribution in [3.05, 3.63) is 63.5 Å². The van der Waals surface area contributed by atoms with Gasteiger partial charge in [-0.15, -0.1) is 5.10 Å². The molecule has 0 fully saturated rings. The summed E-state index contributed by atoms with van der Waals surface area (Å²) in [6, 6.07) is 9.98. The molecular weight excluding hydrogens is 432 g/mol. The molecule has 0 bridgehead atoms. The Morgan fingerprint density at radius 2 is 1.81 bits per heavy atom. The predicted octanol–water partition coefficient (Wildman–Crippen LogP) is 1.85. The Morgan fingerprint density at radius 3 is 2.39 bits per heavy atom. The third-order valence-electron chi connectivity index (χ3n) is 4.93. The van der Waals surface area contributed by atoms with Crippen molar-refractivity contribution in [1.29, 1.82) is 0 Å². The molecule has 31 heavy (non-hydrogen) atoms. The van der Waals surface area contributed by atoms with E-state index in [9.17, 15) is 13.2 Å². The van der Waals surface area contributed by atoms with Crippen LogP contribution in [0.4, 0.5) is 0 Å². The molecule has 1 aliphatic heterocycles. The molecule has 0 aromatic heterocycles. The fourth-order valence-electron chi connectivity index (χ4n) is 3.44. The Hall–Kier alpha value is -2.62. The van der Waals surface area contributed by atoms with Crippen molar-refractivity contribution >= 4 is 44.5 Å². The third-order valence-corrected chi connectivity index (χ3v) is 7.88. The Labute approximate surface area is 187 Å². The van der Waals surface area contributed by atoms with Crippen molar-refractivity contribution in [3.8, 4) is 0 Å². The normalized spacial score (nSPS) is 15.6. The predicted molar refractivity (Wildman–Crippen MR) is 126 cm³/mol. The van der Waals surface area contributed by atoms with Crippen molar-refractivity contribution < 1.29 is 13.2 Å². The van der Waals surface area contributed by atoms with Gasteiger partial charge in [-0.25, -0.2) is 8.42 Å². The molecule has 1 amide bonds. The number of carbonyl (C=O) groups is 1. The summed E-state index contributed by atoms with van der Waals surface area (Å²) < 4.78 is 26.5. The van der Waals surface area contributed by atoms with Gasteiger partial charge in [0.15, 0.2) is 5.17 Å². The van der Waals surface area contributed by atoms with E-state index >= 15 is 0 Å². The quantitative estimate of drug-likeness (QED) is 0.714. The molecule has 0 saturated carbocycles. The first-order valence-corrected chi connectivity index (χ1v) is 12.2. The van der Waals surface area contributed by atoms with Gasteiger partial charge in [-0.3, -0.25) is 15.5 Å². The fraction of sp³-hybridized carbons (Fsp3) is 0.273. The minimum Gasteiger partial charge on any atom is -0.299 e. The standard InChI is InChI=1S/C22H26N4O3S2/c1-6-26(7-2)31(28,29)18-10-8-17(9-11-18)20(27)23-22-25-24-21(30-22)19-15(4)12-14(3)13-16(19)5/h8-13,24H,4,6-7H2,1-3,5H3,(H,23,25,27). The van der Waals surface area contributed by atoms with Gasteiger partial charge in [0.05, 0.1) is 4.90 Å². The van der Waals surface area contributed by atoms with Gasteiger partial charge in [0, 0.05) is 23.9 Å². The lowest BCUT2D eigenvalue weighted by Crippen LogP contribution is -2.31. The molecular formula is C22H26N4O3S2. The van der Waals surface area contributed by atoms with Crippen molar-refractivity contribution in [3.63, 3.8) is 0 Å². The molecule has 2 N–H and O–H groups in total. The van der Waals surface area contributed by atoms with Gasteiger partial charge in [0.1, 0.15) is 5.03 Å². The summed E-state index contributed by atoms with van der Waals surface area (Å²) in [6.07, 6.45) is 0.